The van der Waals surface area contributed by atoms with E-state index in [2.05, 4.69) is 35.3 Å². The van der Waals surface area contributed by atoms with Gasteiger partial charge in [-0.3, -0.25) is 4.79 Å². The van der Waals surface area contributed by atoms with Crippen LogP contribution in [0.25, 0.3) is 0 Å². The van der Waals surface area contributed by atoms with E-state index in [1.165, 1.54) is 48.8 Å². The molecule has 2 aliphatic rings. The van der Waals surface area contributed by atoms with E-state index in [1.54, 1.807) is 6.92 Å². The lowest BCUT2D eigenvalue weighted by atomic mass is 9.76. The lowest BCUT2D eigenvalue weighted by Crippen LogP contribution is -2.47. The number of aliphatic hydroxyl groups is 1. The van der Waals surface area contributed by atoms with Crippen LogP contribution in [-0.4, -0.2) is 41.7 Å². The first-order valence-electron chi connectivity index (χ1n) is 9.84. The number of hydrogen-bond acceptors (Lipinski definition) is 3. The summed E-state index contributed by atoms with van der Waals surface area (Å²) in [6.45, 7) is 5.52. The number of benzene rings is 1. The predicted molar refractivity (Wildman–Crippen MR) is 100 cm³/mol. The van der Waals surface area contributed by atoms with Crippen molar-refractivity contribution in [3.63, 3.8) is 0 Å². The second kappa shape index (κ2) is 8.33. The second-order valence-electron chi connectivity index (χ2n) is 7.81. The fraction of sp³-hybridized carbons (Fsp3) is 0.667. The highest BCUT2D eigenvalue weighted by Gasteiger charge is 2.37. The average Bonchev–Trinajstić information content (AvgIpc) is 2.61. The zero-order chi connectivity index (χ0) is 17.8. The van der Waals surface area contributed by atoms with Crippen molar-refractivity contribution in [2.75, 3.05) is 19.6 Å². The fourth-order valence-electron chi connectivity index (χ4n) is 4.63. The fourth-order valence-corrected chi connectivity index (χ4v) is 4.63. The van der Waals surface area contributed by atoms with Crippen LogP contribution in [0.1, 0.15) is 61.8 Å². The third-order valence-electron chi connectivity index (χ3n) is 5.80. The number of aliphatic hydroxyl groups excluding tert-OH is 1. The normalized spacial score (nSPS) is 22.5. The minimum absolute atomic E-state index is 0.171. The Bertz CT molecular complexity index is 594. The van der Waals surface area contributed by atoms with E-state index in [4.69, 9.17) is 0 Å². The number of fused-ring (bicyclic) bond motifs is 1. The van der Waals surface area contributed by atoms with Gasteiger partial charge in [-0.25, -0.2) is 0 Å². The molecule has 0 bridgehead atoms. The summed E-state index contributed by atoms with van der Waals surface area (Å²) in [6.07, 6.45) is 6.87. The van der Waals surface area contributed by atoms with Gasteiger partial charge in [0.15, 0.2) is 0 Å². The number of nitrogens with zero attached hydrogens (tertiary/aromatic N) is 1. The highest BCUT2D eigenvalue weighted by Crippen LogP contribution is 2.43. The third-order valence-corrected chi connectivity index (χ3v) is 5.80. The maximum atomic E-state index is 12.9. The van der Waals surface area contributed by atoms with Crippen molar-refractivity contribution in [1.29, 1.82) is 0 Å². The summed E-state index contributed by atoms with van der Waals surface area (Å²) >= 11 is 0. The van der Waals surface area contributed by atoms with Crippen molar-refractivity contribution in [2.24, 2.45) is 5.92 Å². The summed E-state index contributed by atoms with van der Waals surface area (Å²) < 4.78 is 0. The smallest absolute Gasteiger partial charge is 0.237 e. The molecule has 2 unspecified atom stereocenters. The van der Waals surface area contributed by atoms with Gasteiger partial charge in [-0.2, -0.15) is 0 Å². The maximum absolute atomic E-state index is 12.9. The lowest BCUT2D eigenvalue weighted by molar-refractivity contribution is -0.134. The number of carbonyl (C=O) groups is 1. The molecule has 4 heteroatoms. The Morgan fingerprint density at radius 1 is 1.32 bits per heavy atom. The van der Waals surface area contributed by atoms with Gasteiger partial charge in [0, 0.05) is 13.1 Å². The average molecular weight is 344 g/mol. The monoisotopic (exact) mass is 344 g/mol. The van der Waals surface area contributed by atoms with Crippen LogP contribution in [0.5, 0.6) is 0 Å². The van der Waals surface area contributed by atoms with Gasteiger partial charge in [-0.1, -0.05) is 37.5 Å². The van der Waals surface area contributed by atoms with Gasteiger partial charge in [0.1, 0.15) is 0 Å². The second-order valence-corrected chi connectivity index (χ2v) is 7.81. The standard InChI is InChI=1S/C21H32N2O2/c1-15-7-6-10-17-11-12-23(19(25)14-22-13-16(2)24)21(20(15)17)18-8-4-3-5-9-18/h6-7,10,16,18,21-22,24H,3-5,8-9,11-14H2,1-2H3. The molecule has 1 aromatic rings. The molecule has 0 aromatic heterocycles. The molecule has 2 atom stereocenters. The van der Waals surface area contributed by atoms with Gasteiger partial charge in [0.05, 0.1) is 18.7 Å². The van der Waals surface area contributed by atoms with E-state index >= 15 is 0 Å². The van der Waals surface area contributed by atoms with Crippen molar-refractivity contribution in [1.82, 2.24) is 10.2 Å². The zero-order valence-corrected chi connectivity index (χ0v) is 15.6. The van der Waals surface area contributed by atoms with Crippen LogP contribution >= 0.6 is 0 Å². The Labute approximate surface area is 151 Å². The number of aryl methyl sites for hydroxylation is 1. The zero-order valence-electron chi connectivity index (χ0n) is 15.6. The molecule has 25 heavy (non-hydrogen) atoms. The molecular weight excluding hydrogens is 312 g/mol. The number of amides is 1. The van der Waals surface area contributed by atoms with Crippen LogP contribution in [0.2, 0.25) is 0 Å². The van der Waals surface area contributed by atoms with Crippen molar-refractivity contribution in [2.45, 2.75) is 64.5 Å². The third kappa shape index (κ3) is 4.24. The quantitative estimate of drug-likeness (QED) is 0.863. The van der Waals surface area contributed by atoms with Gasteiger partial charge in [0.2, 0.25) is 5.91 Å². The molecule has 1 aliphatic heterocycles. The van der Waals surface area contributed by atoms with Crippen LogP contribution in [0.3, 0.4) is 0 Å². The topological polar surface area (TPSA) is 52.6 Å². The molecule has 3 rings (SSSR count). The molecule has 1 saturated carbocycles. The van der Waals surface area contributed by atoms with Crippen molar-refractivity contribution < 1.29 is 9.90 Å². The largest absolute Gasteiger partial charge is 0.392 e. The molecule has 0 saturated heterocycles. The molecule has 1 heterocycles. The molecule has 1 aliphatic carbocycles. The number of hydrogen-bond donors (Lipinski definition) is 2. The Kier molecular flexibility index (Phi) is 6.13. The van der Waals surface area contributed by atoms with Crippen molar-refractivity contribution in [3.8, 4) is 0 Å². The van der Waals surface area contributed by atoms with Crippen molar-refractivity contribution >= 4 is 5.91 Å². The summed E-state index contributed by atoms with van der Waals surface area (Å²) in [5.41, 5.74) is 4.16. The Hall–Kier alpha value is -1.39. The van der Waals surface area contributed by atoms with Crippen LogP contribution in [0.15, 0.2) is 18.2 Å². The molecule has 2 N–H and O–H groups in total. The highest BCUT2D eigenvalue weighted by molar-refractivity contribution is 5.79. The Balaban J connectivity index is 1.83. The SMILES string of the molecule is Cc1cccc2c1C(C1CCCCC1)N(C(=O)CNCC(C)O)CC2. The van der Waals surface area contributed by atoms with E-state index in [0.717, 1.165) is 13.0 Å². The van der Waals surface area contributed by atoms with Gasteiger partial charge < -0.3 is 15.3 Å². The van der Waals surface area contributed by atoms with E-state index in [1.807, 2.05) is 0 Å². The van der Waals surface area contributed by atoms with Gasteiger partial charge in [-0.05, 0) is 55.7 Å². The van der Waals surface area contributed by atoms with E-state index < -0.39 is 6.10 Å². The minimum Gasteiger partial charge on any atom is -0.392 e. The van der Waals surface area contributed by atoms with Gasteiger partial charge in [-0.15, -0.1) is 0 Å². The molecule has 4 nitrogen and oxygen atoms in total. The molecule has 1 aromatic carbocycles. The highest BCUT2D eigenvalue weighted by atomic mass is 16.3. The molecule has 1 amide bonds. The summed E-state index contributed by atoms with van der Waals surface area (Å²) in [5, 5.41) is 12.5. The van der Waals surface area contributed by atoms with Gasteiger partial charge in [0.25, 0.3) is 0 Å². The Morgan fingerprint density at radius 2 is 2.08 bits per heavy atom. The van der Waals surface area contributed by atoms with Crippen molar-refractivity contribution in [3.05, 3.63) is 34.9 Å². The molecule has 0 radical (unpaired) electrons. The molecular formula is C21H32N2O2. The van der Waals surface area contributed by atoms with E-state index in [0.29, 0.717) is 19.0 Å². The maximum Gasteiger partial charge on any atom is 0.237 e. The first-order valence-corrected chi connectivity index (χ1v) is 9.84. The van der Waals surface area contributed by atoms with Crippen LogP contribution in [0, 0.1) is 12.8 Å². The number of rotatable bonds is 5. The van der Waals surface area contributed by atoms with E-state index in [-0.39, 0.29) is 11.9 Å². The molecule has 1 fully saturated rings. The minimum atomic E-state index is -0.425. The summed E-state index contributed by atoms with van der Waals surface area (Å²) in [6, 6.07) is 6.81. The lowest BCUT2D eigenvalue weighted by Gasteiger charge is -2.44. The summed E-state index contributed by atoms with van der Waals surface area (Å²) in [4.78, 5) is 15.1. The van der Waals surface area contributed by atoms with Crippen LogP contribution in [0.4, 0.5) is 0 Å². The first kappa shape index (κ1) is 18.4. The summed E-state index contributed by atoms with van der Waals surface area (Å²) in [7, 11) is 0. The molecule has 138 valence electrons. The number of nitrogens with one attached hydrogen (secondary N) is 1. The first-order chi connectivity index (χ1) is 12.1. The Morgan fingerprint density at radius 3 is 2.80 bits per heavy atom. The van der Waals surface area contributed by atoms with Crippen LogP contribution < -0.4 is 5.32 Å². The van der Waals surface area contributed by atoms with E-state index in [9.17, 15) is 9.90 Å². The summed E-state index contributed by atoms with van der Waals surface area (Å²) in [5.74, 6) is 0.750. The van der Waals surface area contributed by atoms with Crippen LogP contribution in [-0.2, 0) is 11.2 Å². The number of carbonyl (C=O) groups excluding carboxylic acids is 1. The molecule has 0 spiro atoms. The predicted octanol–water partition coefficient (Wildman–Crippen LogP) is 2.97. The van der Waals surface area contributed by atoms with Gasteiger partial charge >= 0.3 is 0 Å².